The van der Waals surface area contributed by atoms with Crippen LogP contribution in [-0.4, -0.2) is 31.9 Å². The molecule has 0 bridgehead atoms. The van der Waals surface area contributed by atoms with Crippen molar-refractivity contribution in [2.24, 2.45) is 0 Å². The Morgan fingerprint density at radius 3 is 2.85 bits per heavy atom. The second kappa shape index (κ2) is 5.37. The predicted octanol–water partition coefficient (Wildman–Crippen LogP) is 2.61. The molecule has 0 radical (unpaired) electrons. The Balaban J connectivity index is 1.93. The SMILES string of the molecule is CCCN(C1CC1)S(=O)(=O)c1ccc2c(c1)CCCN2. The van der Waals surface area contributed by atoms with Gasteiger partial charge in [-0.2, -0.15) is 4.31 Å². The zero-order valence-corrected chi connectivity index (χ0v) is 12.7. The summed E-state index contributed by atoms with van der Waals surface area (Å²) in [5, 5.41) is 3.32. The summed E-state index contributed by atoms with van der Waals surface area (Å²) in [6.07, 6.45) is 4.90. The average molecular weight is 294 g/mol. The van der Waals surface area contributed by atoms with Gasteiger partial charge in [-0.05, 0) is 55.9 Å². The van der Waals surface area contributed by atoms with Crippen molar-refractivity contribution in [3.63, 3.8) is 0 Å². The van der Waals surface area contributed by atoms with Gasteiger partial charge in [0.05, 0.1) is 4.90 Å². The normalized spacial score (nSPS) is 18.7. The molecule has 1 saturated carbocycles. The Hall–Kier alpha value is -1.07. The molecule has 4 nitrogen and oxygen atoms in total. The first-order valence-corrected chi connectivity index (χ1v) is 8.95. The van der Waals surface area contributed by atoms with Gasteiger partial charge in [0, 0.05) is 24.8 Å². The van der Waals surface area contributed by atoms with E-state index < -0.39 is 10.0 Å². The third kappa shape index (κ3) is 2.56. The van der Waals surface area contributed by atoms with E-state index in [0.29, 0.717) is 11.4 Å². The lowest BCUT2D eigenvalue weighted by molar-refractivity contribution is 0.403. The number of nitrogens with one attached hydrogen (secondary N) is 1. The van der Waals surface area contributed by atoms with Crippen LogP contribution < -0.4 is 5.32 Å². The number of rotatable bonds is 5. The molecule has 1 aromatic carbocycles. The Labute approximate surface area is 121 Å². The molecule has 1 heterocycles. The first-order chi connectivity index (χ1) is 9.63. The van der Waals surface area contributed by atoms with Crippen molar-refractivity contribution in [3.8, 4) is 0 Å². The fourth-order valence-electron chi connectivity index (χ4n) is 2.83. The molecule has 5 heteroatoms. The molecule has 1 fully saturated rings. The first kappa shape index (κ1) is 13.9. The predicted molar refractivity (Wildman–Crippen MR) is 80.5 cm³/mol. The number of hydrogen-bond donors (Lipinski definition) is 1. The van der Waals surface area contributed by atoms with Gasteiger partial charge in [-0.1, -0.05) is 6.92 Å². The second-order valence-electron chi connectivity index (χ2n) is 5.70. The molecule has 0 unspecified atom stereocenters. The molecule has 3 rings (SSSR count). The molecule has 1 aliphatic heterocycles. The topological polar surface area (TPSA) is 49.4 Å². The zero-order valence-electron chi connectivity index (χ0n) is 11.9. The number of anilines is 1. The van der Waals surface area contributed by atoms with Gasteiger partial charge in [0.2, 0.25) is 10.0 Å². The van der Waals surface area contributed by atoms with E-state index >= 15 is 0 Å². The van der Waals surface area contributed by atoms with Crippen LogP contribution in [0.25, 0.3) is 0 Å². The summed E-state index contributed by atoms with van der Waals surface area (Å²) in [5.41, 5.74) is 2.22. The van der Waals surface area contributed by atoms with Crippen LogP contribution in [0, 0.1) is 0 Å². The van der Waals surface area contributed by atoms with Gasteiger partial charge < -0.3 is 5.32 Å². The van der Waals surface area contributed by atoms with Gasteiger partial charge in [0.1, 0.15) is 0 Å². The molecular weight excluding hydrogens is 272 g/mol. The third-order valence-electron chi connectivity index (χ3n) is 4.02. The summed E-state index contributed by atoms with van der Waals surface area (Å²) in [4.78, 5) is 0.459. The molecular formula is C15H22N2O2S. The lowest BCUT2D eigenvalue weighted by atomic mass is 10.0. The molecule has 0 atom stereocenters. The maximum atomic E-state index is 12.8. The molecule has 2 aliphatic rings. The van der Waals surface area contributed by atoms with E-state index in [9.17, 15) is 8.42 Å². The van der Waals surface area contributed by atoms with Gasteiger partial charge in [-0.3, -0.25) is 0 Å². The van der Waals surface area contributed by atoms with Gasteiger partial charge in [-0.15, -0.1) is 0 Å². The largest absolute Gasteiger partial charge is 0.385 e. The van der Waals surface area contributed by atoms with Crippen LogP contribution in [-0.2, 0) is 16.4 Å². The van der Waals surface area contributed by atoms with Crippen molar-refractivity contribution in [1.82, 2.24) is 4.31 Å². The molecule has 110 valence electrons. The van der Waals surface area contributed by atoms with Crippen molar-refractivity contribution < 1.29 is 8.42 Å². The lowest BCUT2D eigenvalue weighted by Gasteiger charge is -2.23. The van der Waals surface area contributed by atoms with E-state index in [2.05, 4.69) is 5.32 Å². The molecule has 0 spiro atoms. The highest BCUT2D eigenvalue weighted by Crippen LogP contribution is 2.33. The van der Waals surface area contributed by atoms with E-state index in [1.165, 1.54) is 0 Å². The number of nitrogens with zero attached hydrogens (tertiary/aromatic N) is 1. The molecule has 1 aromatic rings. The van der Waals surface area contributed by atoms with Crippen LogP contribution in [0.3, 0.4) is 0 Å². The zero-order chi connectivity index (χ0) is 14.2. The number of aryl methyl sites for hydroxylation is 1. The lowest BCUT2D eigenvalue weighted by Crippen LogP contribution is -2.34. The summed E-state index contributed by atoms with van der Waals surface area (Å²) in [5.74, 6) is 0. The number of hydrogen-bond acceptors (Lipinski definition) is 3. The molecule has 1 aliphatic carbocycles. The highest BCUT2D eigenvalue weighted by atomic mass is 32.2. The standard InChI is InChI=1S/C15H22N2O2S/c1-2-10-17(13-5-6-13)20(18,19)14-7-8-15-12(11-14)4-3-9-16-15/h7-8,11,13,16H,2-6,9-10H2,1H3. The van der Waals surface area contributed by atoms with Crippen LogP contribution in [0.1, 0.15) is 38.2 Å². The smallest absolute Gasteiger partial charge is 0.243 e. The fraction of sp³-hybridized carbons (Fsp3) is 0.600. The minimum atomic E-state index is -3.33. The van der Waals surface area contributed by atoms with Gasteiger partial charge in [0.25, 0.3) is 0 Å². The van der Waals surface area contributed by atoms with Crippen LogP contribution in [0.5, 0.6) is 0 Å². The fourth-order valence-corrected chi connectivity index (χ4v) is 4.66. The maximum absolute atomic E-state index is 12.8. The number of sulfonamides is 1. The molecule has 0 aromatic heterocycles. The highest BCUT2D eigenvalue weighted by Gasteiger charge is 2.37. The van der Waals surface area contributed by atoms with Crippen LogP contribution in [0.4, 0.5) is 5.69 Å². The van der Waals surface area contributed by atoms with Crippen molar-refractivity contribution in [3.05, 3.63) is 23.8 Å². The molecule has 0 saturated heterocycles. The van der Waals surface area contributed by atoms with Gasteiger partial charge in [0.15, 0.2) is 0 Å². The van der Waals surface area contributed by atoms with E-state index in [-0.39, 0.29) is 6.04 Å². The maximum Gasteiger partial charge on any atom is 0.243 e. The van der Waals surface area contributed by atoms with Crippen molar-refractivity contribution in [1.29, 1.82) is 0 Å². The van der Waals surface area contributed by atoms with E-state index in [1.807, 2.05) is 19.1 Å². The number of benzene rings is 1. The van der Waals surface area contributed by atoms with Crippen LogP contribution in [0.2, 0.25) is 0 Å². The minimum Gasteiger partial charge on any atom is -0.385 e. The second-order valence-corrected chi connectivity index (χ2v) is 7.59. The number of fused-ring (bicyclic) bond motifs is 1. The van der Waals surface area contributed by atoms with E-state index in [0.717, 1.165) is 49.9 Å². The Bertz CT molecular complexity index is 594. The van der Waals surface area contributed by atoms with Gasteiger partial charge in [-0.25, -0.2) is 8.42 Å². The van der Waals surface area contributed by atoms with Crippen molar-refractivity contribution in [2.45, 2.75) is 50.0 Å². The van der Waals surface area contributed by atoms with Crippen molar-refractivity contribution >= 4 is 15.7 Å². The van der Waals surface area contributed by atoms with Crippen molar-refractivity contribution in [2.75, 3.05) is 18.4 Å². The highest BCUT2D eigenvalue weighted by molar-refractivity contribution is 7.89. The third-order valence-corrected chi connectivity index (χ3v) is 5.97. The Kier molecular flexibility index (Phi) is 3.73. The quantitative estimate of drug-likeness (QED) is 0.908. The average Bonchev–Trinajstić information content (AvgIpc) is 3.28. The van der Waals surface area contributed by atoms with Crippen LogP contribution >= 0.6 is 0 Å². The summed E-state index contributed by atoms with van der Waals surface area (Å²) in [6.45, 7) is 3.63. The minimum absolute atomic E-state index is 0.231. The summed E-state index contributed by atoms with van der Waals surface area (Å²) in [6, 6.07) is 5.76. The van der Waals surface area contributed by atoms with E-state index in [4.69, 9.17) is 0 Å². The van der Waals surface area contributed by atoms with Crippen LogP contribution in [0.15, 0.2) is 23.1 Å². The Morgan fingerprint density at radius 1 is 1.35 bits per heavy atom. The molecule has 1 N–H and O–H groups in total. The first-order valence-electron chi connectivity index (χ1n) is 7.51. The van der Waals surface area contributed by atoms with E-state index in [1.54, 1.807) is 10.4 Å². The van der Waals surface area contributed by atoms with Gasteiger partial charge >= 0.3 is 0 Å². The molecule has 0 amide bonds. The monoisotopic (exact) mass is 294 g/mol. The Morgan fingerprint density at radius 2 is 2.15 bits per heavy atom. The summed E-state index contributed by atoms with van der Waals surface area (Å²) < 4.78 is 27.3. The summed E-state index contributed by atoms with van der Waals surface area (Å²) in [7, 11) is -3.33. The molecule has 20 heavy (non-hydrogen) atoms. The summed E-state index contributed by atoms with van der Waals surface area (Å²) >= 11 is 0.